The van der Waals surface area contributed by atoms with Crippen LogP contribution in [0.3, 0.4) is 0 Å². The molecule has 0 spiro atoms. The number of hydrogen-bond donors (Lipinski definition) is 2. The molecule has 0 unspecified atom stereocenters. The summed E-state index contributed by atoms with van der Waals surface area (Å²) >= 11 is 3.32. The zero-order valence-corrected chi connectivity index (χ0v) is 10.9. The number of methoxy groups -OCH3 is 1. The molecule has 0 aromatic heterocycles. The lowest BCUT2D eigenvalue weighted by Gasteiger charge is -2.09. The van der Waals surface area contributed by atoms with Gasteiger partial charge in [0.25, 0.3) is 0 Å². The van der Waals surface area contributed by atoms with Crippen molar-refractivity contribution in [3.05, 3.63) is 22.2 Å². The van der Waals surface area contributed by atoms with E-state index < -0.39 is 0 Å². The molecule has 0 atom stereocenters. The number of hydrogen-bond acceptors (Lipinski definition) is 3. The maximum Gasteiger partial charge on any atom is 0.172 e. The third kappa shape index (κ3) is 2.89. The highest BCUT2D eigenvalue weighted by molar-refractivity contribution is 9.10. The van der Waals surface area contributed by atoms with Gasteiger partial charge in [-0.05, 0) is 59.4 Å². The van der Waals surface area contributed by atoms with E-state index in [4.69, 9.17) is 4.74 Å². The van der Waals surface area contributed by atoms with E-state index >= 15 is 0 Å². The van der Waals surface area contributed by atoms with Crippen molar-refractivity contribution < 1.29 is 9.84 Å². The van der Waals surface area contributed by atoms with Gasteiger partial charge in [-0.2, -0.15) is 0 Å². The Morgan fingerprint density at radius 3 is 2.88 bits per heavy atom. The Balaban J connectivity index is 1.99. The van der Waals surface area contributed by atoms with Gasteiger partial charge in [-0.25, -0.2) is 0 Å². The van der Waals surface area contributed by atoms with E-state index in [0.717, 1.165) is 24.6 Å². The van der Waals surface area contributed by atoms with Gasteiger partial charge in [0.2, 0.25) is 0 Å². The lowest BCUT2D eigenvalue weighted by Crippen LogP contribution is -2.19. The lowest BCUT2D eigenvalue weighted by molar-refractivity contribution is 0.371. The number of phenolic OH excluding ortho intramolecular Hbond substituents is 1. The second-order valence-electron chi connectivity index (χ2n) is 4.11. The van der Waals surface area contributed by atoms with Crippen molar-refractivity contribution in [2.75, 3.05) is 13.7 Å². The summed E-state index contributed by atoms with van der Waals surface area (Å²) in [6.07, 6.45) is 3.57. The average Bonchev–Trinajstić information content (AvgIpc) is 3.07. The van der Waals surface area contributed by atoms with Crippen molar-refractivity contribution in [2.45, 2.75) is 25.3 Å². The standard InChI is InChI=1S/C12H16BrNO2/c1-16-11-7-8(6-10(13)12(11)15)4-5-14-9-2-3-9/h6-7,9,14-15H,2-5H2,1H3. The predicted molar refractivity (Wildman–Crippen MR) is 67.1 cm³/mol. The average molecular weight is 286 g/mol. The summed E-state index contributed by atoms with van der Waals surface area (Å²) in [6, 6.07) is 4.56. The Kier molecular flexibility index (Phi) is 3.71. The molecule has 1 aromatic rings. The van der Waals surface area contributed by atoms with Gasteiger partial charge in [-0.15, -0.1) is 0 Å². The molecule has 2 rings (SSSR count). The minimum atomic E-state index is 0.168. The van der Waals surface area contributed by atoms with Crippen molar-refractivity contribution in [1.82, 2.24) is 5.32 Å². The van der Waals surface area contributed by atoms with Gasteiger partial charge >= 0.3 is 0 Å². The minimum Gasteiger partial charge on any atom is -0.503 e. The maximum atomic E-state index is 9.66. The summed E-state index contributed by atoms with van der Waals surface area (Å²) in [4.78, 5) is 0. The molecule has 1 aliphatic carbocycles. The summed E-state index contributed by atoms with van der Waals surface area (Å²) < 4.78 is 5.79. The SMILES string of the molecule is COc1cc(CCNC2CC2)cc(Br)c1O. The predicted octanol–water partition coefficient (Wildman–Crippen LogP) is 2.46. The first-order valence-electron chi connectivity index (χ1n) is 5.49. The lowest BCUT2D eigenvalue weighted by atomic mass is 10.1. The van der Waals surface area contributed by atoms with Gasteiger partial charge in [0.15, 0.2) is 11.5 Å². The van der Waals surface area contributed by atoms with Crippen molar-refractivity contribution in [3.63, 3.8) is 0 Å². The van der Waals surface area contributed by atoms with Gasteiger partial charge in [-0.1, -0.05) is 0 Å². The number of halogens is 1. The molecule has 0 amide bonds. The zero-order chi connectivity index (χ0) is 11.5. The van der Waals surface area contributed by atoms with Crippen LogP contribution in [0.2, 0.25) is 0 Å². The molecule has 1 fully saturated rings. The first-order valence-corrected chi connectivity index (χ1v) is 6.28. The summed E-state index contributed by atoms with van der Waals surface area (Å²) in [5.74, 6) is 0.692. The molecule has 0 saturated heterocycles. The smallest absolute Gasteiger partial charge is 0.172 e. The largest absolute Gasteiger partial charge is 0.503 e. The Hall–Kier alpha value is -0.740. The summed E-state index contributed by atoms with van der Waals surface area (Å²) in [6.45, 7) is 0.977. The number of rotatable bonds is 5. The molecular formula is C12H16BrNO2. The molecule has 0 heterocycles. The molecule has 1 aromatic carbocycles. The maximum absolute atomic E-state index is 9.66. The Morgan fingerprint density at radius 2 is 2.25 bits per heavy atom. The number of ether oxygens (including phenoxy) is 1. The van der Waals surface area contributed by atoms with Crippen LogP contribution in [-0.2, 0) is 6.42 Å². The molecule has 0 bridgehead atoms. The van der Waals surface area contributed by atoms with Crippen LogP contribution in [-0.4, -0.2) is 24.8 Å². The van der Waals surface area contributed by atoms with E-state index in [2.05, 4.69) is 21.2 Å². The molecule has 0 radical (unpaired) electrons. The topological polar surface area (TPSA) is 41.5 Å². The third-order valence-corrected chi connectivity index (χ3v) is 3.34. The Morgan fingerprint density at radius 1 is 1.50 bits per heavy atom. The van der Waals surface area contributed by atoms with Gasteiger partial charge < -0.3 is 15.2 Å². The van der Waals surface area contributed by atoms with Crippen LogP contribution < -0.4 is 10.1 Å². The quantitative estimate of drug-likeness (QED) is 0.873. The van der Waals surface area contributed by atoms with Crippen molar-refractivity contribution in [1.29, 1.82) is 0 Å². The van der Waals surface area contributed by atoms with Crippen LogP contribution in [0.25, 0.3) is 0 Å². The highest BCUT2D eigenvalue weighted by atomic mass is 79.9. The van der Waals surface area contributed by atoms with Gasteiger partial charge in [0.1, 0.15) is 0 Å². The van der Waals surface area contributed by atoms with E-state index in [-0.39, 0.29) is 5.75 Å². The van der Waals surface area contributed by atoms with Crippen LogP contribution in [0.15, 0.2) is 16.6 Å². The summed E-state index contributed by atoms with van der Waals surface area (Å²) in [5, 5.41) is 13.1. The highest BCUT2D eigenvalue weighted by Gasteiger charge is 2.19. The van der Waals surface area contributed by atoms with Gasteiger partial charge in [0.05, 0.1) is 11.6 Å². The third-order valence-electron chi connectivity index (χ3n) is 2.73. The molecule has 1 saturated carbocycles. The van der Waals surface area contributed by atoms with Crippen molar-refractivity contribution >= 4 is 15.9 Å². The van der Waals surface area contributed by atoms with E-state index in [1.165, 1.54) is 12.8 Å². The van der Waals surface area contributed by atoms with Crippen LogP contribution in [0, 0.1) is 0 Å². The van der Waals surface area contributed by atoms with Gasteiger partial charge in [0, 0.05) is 6.04 Å². The van der Waals surface area contributed by atoms with Crippen LogP contribution in [0.4, 0.5) is 0 Å². The fourth-order valence-corrected chi connectivity index (χ4v) is 2.12. The molecule has 1 aliphatic rings. The number of phenols is 1. The molecule has 16 heavy (non-hydrogen) atoms. The van der Waals surface area contributed by atoms with E-state index in [1.807, 2.05) is 12.1 Å². The Bertz CT molecular complexity index is 378. The zero-order valence-electron chi connectivity index (χ0n) is 9.29. The molecule has 4 heteroatoms. The second kappa shape index (κ2) is 5.06. The van der Waals surface area contributed by atoms with Crippen LogP contribution in [0.5, 0.6) is 11.5 Å². The molecule has 2 N–H and O–H groups in total. The molecular weight excluding hydrogens is 270 g/mol. The van der Waals surface area contributed by atoms with Crippen LogP contribution >= 0.6 is 15.9 Å². The van der Waals surface area contributed by atoms with Crippen molar-refractivity contribution in [3.8, 4) is 11.5 Å². The molecule has 0 aliphatic heterocycles. The van der Waals surface area contributed by atoms with Crippen molar-refractivity contribution in [2.24, 2.45) is 0 Å². The fourth-order valence-electron chi connectivity index (χ4n) is 1.64. The monoisotopic (exact) mass is 285 g/mol. The fraction of sp³-hybridized carbons (Fsp3) is 0.500. The second-order valence-corrected chi connectivity index (χ2v) is 4.96. The minimum absolute atomic E-state index is 0.168. The molecule has 88 valence electrons. The highest BCUT2D eigenvalue weighted by Crippen LogP contribution is 2.35. The number of aromatic hydroxyl groups is 1. The van der Waals surface area contributed by atoms with Gasteiger partial charge in [-0.3, -0.25) is 0 Å². The number of nitrogens with one attached hydrogen (secondary N) is 1. The number of benzene rings is 1. The summed E-state index contributed by atoms with van der Waals surface area (Å²) in [7, 11) is 1.56. The summed E-state index contributed by atoms with van der Waals surface area (Å²) in [5.41, 5.74) is 1.16. The van der Waals surface area contributed by atoms with E-state index in [1.54, 1.807) is 7.11 Å². The Labute approximate surface area is 104 Å². The van der Waals surface area contributed by atoms with Crippen LogP contribution in [0.1, 0.15) is 18.4 Å². The molecule has 3 nitrogen and oxygen atoms in total. The first kappa shape index (κ1) is 11.7. The van der Waals surface area contributed by atoms with E-state index in [0.29, 0.717) is 10.2 Å². The first-order chi connectivity index (χ1) is 7.70. The normalized spacial score (nSPS) is 15.1. The van der Waals surface area contributed by atoms with E-state index in [9.17, 15) is 5.11 Å².